The summed E-state index contributed by atoms with van der Waals surface area (Å²) in [6, 6.07) is 0. The van der Waals surface area contributed by atoms with E-state index in [0.29, 0.717) is 5.82 Å². The standard InChI is InChI=1S/C7H11ClN4O/c1-7(2,13-3)4-10-5(8)12-6(9)11-4/h1-3H3,(H2,9,10,11,12). The van der Waals surface area contributed by atoms with Crippen molar-refractivity contribution in [2.45, 2.75) is 19.4 Å². The second kappa shape index (κ2) is 3.43. The number of methoxy groups -OCH3 is 1. The fraction of sp³-hybridized carbons (Fsp3) is 0.571. The SMILES string of the molecule is COC(C)(C)c1nc(N)nc(Cl)n1. The van der Waals surface area contributed by atoms with Gasteiger partial charge < -0.3 is 10.5 Å². The third-order valence-electron chi connectivity index (χ3n) is 1.67. The number of nitrogens with two attached hydrogens (primary N) is 1. The Morgan fingerprint density at radius 1 is 1.31 bits per heavy atom. The molecule has 0 aliphatic heterocycles. The second-order valence-electron chi connectivity index (χ2n) is 3.00. The minimum atomic E-state index is -0.610. The van der Waals surface area contributed by atoms with Crippen molar-refractivity contribution in [3.63, 3.8) is 0 Å². The molecule has 0 saturated carbocycles. The zero-order valence-electron chi connectivity index (χ0n) is 7.71. The van der Waals surface area contributed by atoms with E-state index in [1.165, 1.54) is 0 Å². The van der Waals surface area contributed by atoms with Crippen LogP contribution in [0, 0.1) is 0 Å². The van der Waals surface area contributed by atoms with Crippen LogP contribution < -0.4 is 5.73 Å². The summed E-state index contributed by atoms with van der Waals surface area (Å²) in [6.45, 7) is 3.64. The normalized spacial score (nSPS) is 11.7. The van der Waals surface area contributed by atoms with Gasteiger partial charge in [-0.05, 0) is 25.4 Å². The van der Waals surface area contributed by atoms with E-state index in [0.717, 1.165) is 0 Å². The van der Waals surface area contributed by atoms with Crippen LogP contribution in [0.4, 0.5) is 5.95 Å². The predicted molar refractivity (Wildman–Crippen MR) is 49.3 cm³/mol. The summed E-state index contributed by atoms with van der Waals surface area (Å²) in [4.78, 5) is 11.5. The smallest absolute Gasteiger partial charge is 0.227 e. The first-order valence-electron chi connectivity index (χ1n) is 3.68. The maximum atomic E-state index is 5.62. The minimum absolute atomic E-state index is 0.0765. The Labute approximate surface area is 81.3 Å². The van der Waals surface area contributed by atoms with Gasteiger partial charge in [0, 0.05) is 7.11 Å². The molecule has 0 aliphatic carbocycles. The first kappa shape index (κ1) is 10.1. The highest BCUT2D eigenvalue weighted by Crippen LogP contribution is 2.20. The molecule has 0 atom stereocenters. The van der Waals surface area contributed by atoms with Crippen molar-refractivity contribution >= 4 is 17.5 Å². The van der Waals surface area contributed by atoms with Crippen LogP contribution in [-0.4, -0.2) is 22.1 Å². The van der Waals surface area contributed by atoms with Gasteiger partial charge in [-0.15, -0.1) is 0 Å². The summed E-state index contributed by atoms with van der Waals surface area (Å²) in [5.41, 5.74) is 4.80. The third-order valence-corrected chi connectivity index (χ3v) is 1.84. The Kier molecular flexibility index (Phi) is 2.68. The summed E-state index contributed by atoms with van der Waals surface area (Å²) in [7, 11) is 1.56. The van der Waals surface area contributed by atoms with Crippen LogP contribution in [-0.2, 0) is 10.3 Å². The molecule has 0 aliphatic rings. The zero-order valence-corrected chi connectivity index (χ0v) is 8.46. The van der Waals surface area contributed by atoms with Crippen LogP contribution in [0.25, 0.3) is 0 Å². The maximum Gasteiger partial charge on any atom is 0.227 e. The fourth-order valence-electron chi connectivity index (χ4n) is 0.726. The van der Waals surface area contributed by atoms with Crippen molar-refractivity contribution in [2.75, 3.05) is 12.8 Å². The van der Waals surface area contributed by atoms with Gasteiger partial charge in [0.1, 0.15) is 5.60 Å². The van der Waals surface area contributed by atoms with E-state index in [9.17, 15) is 0 Å². The van der Waals surface area contributed by atoms with Crippen molar-refractivity contribution in [1.29, 1.82) is 0 Å². The molecule has 1 aromatic rings. The van der Waals surface area contributed by atoms with Crippen molar-refractivity contribution < 1.29 is 4.74 Å². The lowest BCUT2D eigenvalue weighted by molar-refractivity contribution is 0.0114. The molecule has 0 spiro atoms. The van der Waals surface area contributed by atoms with Crippen LogP contribution in [0.2, 0.25) is 5.28 Å². The molecule has 0 unspecified atom stereocenters. The van der Waals surface area contributed by atoms with E-state index in [1.807, 2.05) is 13.8 Å². The Morgan fingerprint density at radius 2 is 1.92 bits per heavy atom. The summed E-state index contributed by atoms with van der Waals surface area (Å²) in [5, 5.41) is 0.0765. The first-order valence-corrected chi connectivity index (χ1v) is 4.06. The van der Waals surface area contributed by atoms with Crippen LogP contribution in [0.1, 0.15) is 19.7 Å². The van der Waals surface area contributed by atoms with E-state index in [4.69, 9.17) is 22.1 Å². The third kappa shape index (κ3) is 2.26. The van der Waals surface area contributed by atoms with Gasteiger partial charge in [0.15, 0.2) is 5.82 Å². The molecule has 13 heavy (non-hydrogen) atoms. The quantitative estimate of drug-likeness (QED) is 0.774. The van der Waals surface area contributed by atoms with Crippen molar-refractivity contribution in [3.05, 3.63) is 11.1 Å². The number of halogens is 1. The summed E-state index contributed by atoms with van der Waals surface area (Å²) >= 11 is 5.62. The van der Waals surface area contributed by atoms with E-state index in [2.05, 4.69) is 15.0 Å². The molecule has 0 bridgehead atoms. The molecule has 6 heteroatoms. The maximum absolute atomic E-state index is 5.62. The van der Waals surface area contributed by atoms with Gasteiger partial charge in [-0.25, -0.2) is 0 Å². The van der Waals surface area contributed by atoms with Gasteiger partial charge >= 0.3 is 0 Å². The zero-order chi connectivity index (χ0) is 10.1. The molecule has 2 N–H and O–H groups in total. The second-order valence-corrected chi connectivity index (χ2v) is 3.34. The van der Waals surface area contributed by atoms with Crippen LogP contribution in [0.3, 0.4) is 0 Å². The lowest BCUT2D eigenvalue weighted by Crippen LogP contribution is -2.24. The Bertz CT molecular complexity index is 295. The van der Waals surface area contributed by atoms with E-state index in [1.54, 1.807) is 7.11 Å². The lowest BCUT2D eigenvalue weighted by Gasteiger charge is -2.20. The average Bonchev–Trinajstić information content (AvgIpc) is 2.02. The predicted octanol–water partition coefficient (Wildman–Crippen LogP) is 0.989. The molecular formula is C7H11ClN4O. The van der Waals surface area contributed by atoms with Crippen LogP contribution in [0.15, 0.2) is 0 Å². The highest BCUT2D eigenvalue weighted by Gasteiger charge is 2.24. The molecule has 0 fully saturated rings. The van der Waals surface area contributed by atoms with Crippen molar-refractivity contribution in [2.24, 2.45) is 0 Å². The highest BCUT2D eigenvalue weighted by molar-refractivity contribution is 6.28. The number of ether oxygens (including phenoxy) is 1. The topological polar surface area (TPSA) is 73.9 Å². The number of rotatable bonds is 2. The fourth-order valence-corrected chi connectivity index (χ4v) is 0.893. The number of nitrogens with zero attached hydrogens (tertiary/aromatic N) is 3. The molecule has 0 aromatic carbocycles. The van der Waals surface area contributed by atoms with E-state index >= 15 is 0 Å². The summed E-state index contributed by atoms with van der Waals surface area (Å²) < 4.78 is 5.17. The number of hydrogen-bond donors (Lipinski definition) is 1. The Balaban J connectivity index is 3.15. The van der Waals surface area contributed by atoms with Gasteiger partial charge in [-0.1, -0.05) is 0 Å². The monoisotopic (exact) mass is 202 g/mol. The molecule has 1 aromatic heterocycles. The number of hydrogen-bond acceptors (Lipinski definition) is 5. The van der Waals surface area contributed by atoms with Crippen LogP contribution in [0.5, 0.6) is 0 Å². The molecule has 0 amide bonds. The molecule has 1 rings (SSSR count). The Hall–Kier alpha value is -0.940. The van der Waals surface area contributed by atoms with E-state index in [-0.39, 0.29) is 11.2 Å². The van der Waals surface area contributed by atoms with Crippen molar-refractivity contribution in [1.82, 2.24) is 15.0 Å². The van der Waals surface area contributed by atoms with Gasteiger partial charge in [0.2, 0.25) is 11.2 Å². The average molecular weight is 203 g/mol. The van der Waals surface area contributed by atoms with E-state index < -0.39 is 5.60 Å². The highest BCUT2D eigenvalue weighted by atomic mass is 35.5. The van der Waals surface area contributed by atoms with Gasteiger partial charge in [-0.2, -0.15) is 15.0 Å². The van der Waals surface area contributed by atoms with Crippen molar-refractivity contribution in [3.8, 4) is 0 Å². The molecular weight excluding hydrogens is 192 g/mol. The van der Waals surface area contributed by atoms with Gasteiger partial charge in [0.05, 0.1) is 0 Å². The molecule has 1 heterocycles. The lowest BCUT2D eigenvalue weighted by atomic mass is 10.1. The Morgan fingerprint density at radius 3 is 2.38 bits per heavy atom. The number of nitrogen functional groups attached to an aromatic ring is 1. The van der Waals surface area contributed by atoms with Gasteiger partial charge in [-0.3, -0.25) is 0 Å². The van der Waals surface area contributed by atoms with Crippen LogP contribution >= 0.6 is 11.6 Å². The summed E-state index contributed by atoms with van der Waals surface area (Å²) in [5.74, 6) is 0.521. The summed E-state index contributed by atoms with van der Waals surface area (Å²) in [6.07, 6.45) is 0. The van der Waals surface area contributed by atoms with Gasteiger partial charge in [0.25, 0.3) is 0 Å². The number of anilines is 1. The molecule has 5 nitrogen and oxygen atoms in total. The molecule has 0 saturated heterocycles. The molecule has 0 radical (unpaired) electrons. The minimum Gasteiger partial charge on any atom is -0.371 e. The number of aromatic nitrogens is 3. The molecule has 72 valence electrons. The largest absolute Gasteiger partial charge is 0.371 e. The first-order chi connectivity index (χ1) is 5.95.